The van der Waals surface area contributed by atoms with Crippen LogP contribution in [0.15, 0.2) is 54.6 Å². The zero-order valence-corrected chi connectivity index (χ0v) is 18.8. The number of likely N-dealkylation sites (N-methyl/N-ethyl adjacent to an activating group) is 1. The standard InChI is InChI=1S/C25H29N5O2/c1-18-23(19(2)30(27-18)22-7-5-4-6-8-22)24(31)25(32)26-21-11-9-20(10-12-21)17-29-15-13-28(3)14-16-29/h4-12H,13-17H2,1-3H3,(H,26,32). The third kappa shape index (κ3) is 4.79. The van der Waals surface area contributed by atoms with Gasteiger partial charge in [0, 0.05) is 38.4 Å². The first kappa shape index (κ1) is 21.9. The number of nitrogens with zero attached hydrogens (tertiary/aromatic N) is 4. The number of carbonyl (C=O) groups is 2. The van der Waals surface area contributed by atoms with Crippen molar-refractivity contribution >= 4 is 17.4 Å². The van der Waals surface area contributed by atoms with Crippen molar-refractivity contribution in [1.82, 2.24) is 19.6 Å². The fourth-order valence-corrected chi connectivity index (χ4v) is 4.05. The first-order valence-corrected chi connectivity index (χ1v) is 10.9. The topological polar surface area (TPSA) is 70.5 Å². The molecule has 1 fully saturated rings. The highest BCUT2D eigenvalue weighted by molar-refractivity contribution is 6.47. The number of rotatable bonds is 6. The van der Waals surface area contributed by atoms with Crippen molar-refractivity contribution < 1.29 is 9.59 Å². The summed E-state index contributed by atoms with van der Waals surface area (Å²) in [6.07, 6.45) is 0. The maximum absolute atomic E-state index is 12.9. The van der Waals surface area contributed by atoms with Crippen LogP contribution in [-0.4, -0.2) is 64.5 Å². The van der Waals surface area contributed by atoms with Crippen LogP contribution in [0.3, 0.4) is 0 Å². The average Bonchev–Trinajstić information content (AvgIpc) is 3.10. The summed E-state index contributed by atoms with van der Waals surface area (Å²) in [5.74, 6) is -1.24. The van der Waals surface area contributed by atoms with Crippen LogP contribution in [0.4, 0.5) is 5.69 Å². The number of benzene rings is 2. The zero-order valence-electron chi connectivity index (χ0n) is 18.8. The summed E-state index contributed by atoms with van der Waals surface area (Å²) in [5, 5.41) is 7.21. The number of anilines is 1. The lowest BCUT2D eigenvalue weighted by Gasteiger charge is -2.32. The minimum Gasteiger partial charge on any atom is -0.319 e. The van der Waals surface area contributed by atoms with Crippen LogP contribution in [0.2, 0.25) is 0 Å². The van der Waals surface area contributed by atoms with Crippen LogP contribution >= 0.6 is 0 Å². The van der Waals surface area contributed by atoms with E-state index in [0.29, 0.717) is 22.6 Å². The average molecular weight is 432 g/mol. The number of carbonyl (C=O) groups excluding carboxylic acids is 2. The van der Waals surface area contributed by atoms with Gasteiger partial charge >= 0.3 is 0 Å². The molecule has 4 rings (SSSR count). The molecular weight excluding hydrogens is 402 g/mol. The molecule has 0 bridgehead atoms. The van der Waals surface area contributed by atoms with E-state index in [1.54, 1.807) is 18.5 Å². The molecule has 2 heterocycles. The van der Waals surface area contributed by atoms with Gasteiger partial charge in [-0.1, -0.05) is 30.3 Å². The second kappa shape index (κ2) is 9.46. The van der Waals surface area contributed by atoms with Gasteiger partial charge in [0.05, 0.1) is 22.6 Å². The van der Waals surface area contributed by atoms with Crippen molar-refractivity contribution in [3.05, 3.63) is 77.1 Å². The number of aromatic nitrogens is 2. The summed E-state index contributed by atoms with van der Waals surface area (Å²) in [6.45, 7) is 8.71. The Labute approximate surface area is 188 Å². The number of hydrogen-bond donors (Lipinski definition) is 1. The monoisotopic (exact) mass is 431 g/mol. The van der Waals surface area contributed by atoms with Crippen LogP contribution in [-0.2, 0) is 11.3 Å². The molecule has 2 aromatic carbocycles. The molecule has 0 atom stereocenters. The van der Waals surface area contributed by atoms with Crippen molar-refractivity contribution in [2.45, 2.75) is 20.4 Å². The Morgan fingerprint density at radius 2 is 1.59 bits per heavy atom. The smallest absolute Gasteiger partial charge is 0.296 e. The number of ketones is 1. The van der Waals surface area contributed by atoms with Gasteiger partial charge < -0.3 is 10.2 Å². The number of aryl methyl sites for hydroxylation is 1. The number of nitrogens with one attached hydrogen (secondary N) is 1. The summed E-state index contributed by atoms with van der Waals surface area (Å²) < 4.78 is 1.70. The summed E-state index contributed by atoms with van der Waals surface area (Å²) in [6, 6.07) is 17.3. The third-order valence-corrected chi connectivity index (χ3v) is 5.94. The molecule has 0 spiro atoms. The zero-order chi connectivity index (χ0) is 22.7. The molecule has 166 valence electrons. The van der Waals surface area contributed by atoms with Gasteiger partial charge in [-0.05, 0) is 50.7 Å². The first-order chi connectivity index (χ1) is 15.4. The van der Waals surface area contributed by atoms with Crippen molar-refractivity contribution in [2.24, 2.45) is 0 Å². The van der Waals surface area contributed by atoms with E-state index in [1.165, 1.54) is 5.56 Å². The SMILES string of the molecule is Cc1nn(-c2ccccc2)c(C)c1C(=O)C(=O)Nc1ccc(CN2CCN(C)CC2)cc1. The predicted molar refractivity (Wildman–Crippen MR) is 125 cm³/mol. The van der Waals surface area contributed by atoms with E-state index in [-0.39, 0.29) is 0 Å². The molecule has 1 aromatic heterocycles. The summed E-state index contributed by atoms with van der Waals surface area (Å²) in [5.41, 5.74) is 4.18. The largest absolute Gasteiger partial charge is 0.319 e. The van der Waals surface area contributed by atoms with E-state index in [9.17, 15) is 9.59 Å². The summed E-state index contributed by atoms with van der Waals surface area (Å²) in [4.78, 5) is 30.4. The fourth-order valence-electron chi connectivity index (χ4n) is 4.05. The van der Waals surface area contributed by atoms with Gasteiger partial charge in [0.25, 0.3) is 11.7 Å². The van der Waals surface area contributed by atoms with Crippen molar-refractivity contribution in [1.29, 1.82) is 0 Å². The summed E-state index contributed by atoms with van der Waals surface area (Å²) >= 11 is 0. The van der Waals surface area contributed by atoms with Crippen LogP contribution < -0.4 is 5.32 Å². The summed E-state index contributed by atoms with van der Waals surface area (Å²) in [7, 11) is 2.14. The van der Waals surface area contributed by atoms with E-state index in [1.807, 2.05) is 54.6 Å². The molecule has 1 aliphatic rings. The van der Waals surface area contributed by atoms with E-state index in [4.69, 9.17) is 0 Å². The Morgan fingerprint density at radius 3 is 2.25 bits per heavy atom. The van der Waals surface area contributed by atoms with E-state index < -0.39 is 11.7 Å². The first-order valence-electron chi connectivity index (χ1n) is 10.9. The number of piperazine rings is 1. The van der Waals surface area contributed by atoms with E-state index >= 15 is 0 Å². The Bertz CT molecular complexity index is 1100. The molecule has 1 saturated heterocycles. The second-order valence-corrected chi connectivity index (χ2v) is 8.35. The fraction of sp³-hybridized carbons (Fsp3) is 0.320. The Hall–Kier alpha value is -3.29. The molecule has 0 unspecified atom stereocenters. The predicted octanol–water partition coefficient (Wildman–Crippen LogP) is 3.06. The van der Waals surface area contributed by atoms with E-state index in [0.717, 1.165) is 38.4 Å². The molecule has 1 aliphatic heterocycles. The molecule has 0 aliphatic carbocycles. The Kier molecular flexibility index (Phi) is 6.48. The molecule has 7 heteroatoms. The molecule has 3 aromatic rings. The molecule has 32 heavy (non-hydrogen) atoms. The molecule has 1 amide bonds. The highest BCUT2D eigenvalue weighted by Crippen LogP contribution is 2.19. The van der Waals surface area contributed by atoms with Gasteiger partial charge in [0.1, 0.15) is 0 Å². The van der Waals surface area contributed by atoms with Gasteiger partial charge in [-0.15, -0.1) is 0 Å². The number of hydrogen-bond acceptors (Lipinski definition) is 5. The minimum absolute atomic E-state index is 0.345. The third-order valence-electron chi connectivity index (χ3n) is 5.94. The Balaban J connectivity index is 1.42. The lowest BCUT2D eigenvalue weighted by Crippen LogP contribution is -2.43. The quantitative estimate of drug-likeness (QED) is 0.480. The highest BCUT2D eigenvalue weighted by Gasteiger charge is 2.25. The molecule has 7 nitrogen and oxygen atoms in total. The van der Waals surface area contributed by atoms with Crippen molar-refractivity contribution in [2.75, 3.05) is 38.5 Å². The normalized spacial score (nSPS) is 15.0. The van der Waals surface area contributed by atoms with Crippen molar-refractivity contribution in [3.8, 4) is 5.69 Å². The maximum atomic E-state index is 12.9. The number of para-hydroxylation sites is 1. The lowest BCUT2D eigenvalue weighted by molar-refractivity contribution is -0.112. The van der Waals surface area contributed by atoms with Gasteiger partial charge in [-0.3, -0.25) is 14.5 Å². The lowest BCUT2D eigenvalue weighted by atomic mass is 10.1. The number of amides is 1. The molecule has 0 saturated carbocycles. The highest BCUT2D eigenvalue weighted by atomic mass is 16.2. The van der Waals surface area contributed by atoms with E-state index in [2.05, 4.69) is 27.3 Å². The van der Waals surface area contributed by atoms with Crippen LogP contribution in [0.1, 0.15) is 27.3 Å². The Morgan fingerprint density at radius 1 is 0.938 bits per heavy atom. The van der Waals surface area contributed by atoms with Crippen LogP contribution in [0, 0.1) is 13.8 Å². The number of Topliss-reactive ketones (excluding diaryl/α,β-unsaturated/α-hetero) is 1. The van der Waals surface area contributed by atoms with Crippen LogP contribution in [0.25, 0.3) is 5.69 Å². The molecule has 0 radical (unpaired) electrons. The molecule has 1 N–H and O–H groups in total. The minimum atomic E-state index is -0.657. The molecular formula is C25H29N5O2. The van der Waals surface area contributed by atoms with Gasteiger partial charge in [-0.2, -0.15) is 5.10 Å². The van der Waals surface area contributed by atoms with Gasteiger partial charge in [-0.25, -0.2) is 4.68 Å². The second-order valence-electron chi connectivity index (χ2n) is 8.35. The van der Waals surface area contributed by atoms with Gasteiger partial charge in [0.15, 0.2) is 0 Å². The van der Waals surface area contributed by atoms with Crippen LogP contribution in [0.5, 0.6) is 0 Å². The van der Waals surface area contributed by atoms with Gasteiger partial charge in [0.2, 0.25) is 0 Å². The maximum Gasteiger partial charge on any atom is 0.296 e. The van der Waals surface area contributed by atoms with Crippen molar-refractivity contribution in [3.63, 3.8) is 0 Å².